The maximum Gasteiger partial charge on any atom is 1.00 e. The van der Waals surface area contributed by atoms with Gasteiger partial charge in [0, 0.05) is 102 Å². The van der Waals surface area contributed by atoms with Crippen LogP contribution < -0.4 is 62.5 Å². The van der Waals surface area contributed by atoms with Crippen molar-refractivity contribution in [2.75, 3.05) is 34.5 Å². The molecule has 7 aliphatic heterocycles. The molecule has 0 amide bonds. The van der Waals surface area contributed by atoms with Gasteiger partial charge in [-0.15, -0.1) is 0 Å². The molecule has 0 saturated carbocycles. The average molecular weight is 1700 g/mol. The summed E-state index contributed by atoms with van der Waals surface area (Å²) in [6.45, 7) is 23.8. The summed E-state index contributed by atoms with van der Waals surface area (Å²) in [6, 6.07) is 5.39. The number of aliphatic hydroxyl groups is 5. The maximum absolute atomic E-state index is 11.7. The fourth-order valence-electron chi connectivity index (χ4n) is 12.3. The van der Waals surface area contributed by atoms with Gasteiger partial charge in [-0.25, -0.2) is 0 Å². The molecule has 628 valence electrons. The van der Waals surface area contributed by atoms with Crippen molar-refractivity contribution in [3.8, 4) is 0 Å². The third-order valence-corrected chi connectivity index (χ3v) is 19.4. The second kappa shape index (κ2) is 45.3. The van der Waals surface area contributed by atoms with Gasteiger partial charge in [-0.05, 0) is 122 Å². The summed E-state index contributed by atoms with van der Waals surface area (Å²) >= 11 is 25.0. The molecule has 0 radical (unpaired) electrons. The number of esters is 3. The van der Waals surface area contributed by atoms with Crippen LogP contribution in [0, 0.1) is 35.7 Å². The minimum atomic E-state index is -1.06. The van der Waals surface area contributed by atoms with E-state index in [-0.39, 0.29) is 132 Å². The van der Waals surface area contributed by atoms with Gasteiger partial charge >= 0.3 is 47.5 Å². The van der Waals surface area contributed by atoms with Crippen LogP contribution in [0.2, 0.25) is 0 Å². The molecule has 12 heterocycles. The number of nitrogens with one attached hydrogen (secondary N) is 6. The largest absolute Gasteiger partial charge is 1.00 e. The molecule has 5 unspecified atom stereocenters. The van der Waals surface area contributed by atoms with Crippen LogP contribution in [0.3, 0.4) is 0 Å². The smallest absolute Gasteiger partial charge is 0.857 e. The van der Waals surface area contributed by atoms with E-state index in [0.29, 0.717) is 11.2 Å². The Morgan fingerprint density at radius 2 is 0.885 bits per heavy atom. The molecule has 11 N–H and O–H groups in total. The predicted octanol–water partition coefficient (Wildman–Crippen LogP) is 0.520. The van der Waals surface area contributed by atoms with Crippen LogP contribution in [0.1, 0.15) is 147 Å². The molecule has 12 rings (SSSR count). The predicted molar refractivity (Wildman–Crippen MR) is 406 cm³/mol. The van der Waals surface area contributed by atoms with E-state index in [1.165, 1.54) is 72.8 Å². The number of aromatic amines is 6. The van der Waals surface area contributed by atoms with Crippen LogP contribution in [0.5, 0.6) is 0 Å². The van der Waals surface area contributed by atoms with E-state index in [1.54, 1.807) is 49.6 Å². The Morgan fingerprint density at radius 3 is 1.26 bits per heavy atom. The van der Waals surface area contributed by atoms with Gasteiger partial charge < -0.3 is 102 Å². The van der Waals surface area contributed by atoms with E-state index in [0.717, 1.165) is 20.0 Å². The first-order valence-corrected chi connectivity index (χ1v) is 37.4. The summed E-state index contributed by atoms with van der Waals surface area (Å²) in [5, 5.41) is 56.0. The summed E-state index contributed by atoms with van der Waals surface area (Å²) in [6.07, 6.45) is 0.320. The standard InChI is InChI=1S/C13H18N2O6S.C13H18N2O4S.C12H16N2O5S.C11H18O5.C10H14N2O4S.C5H12O2.C4H4N2OS.CH3O.Na/c1-13(2)20-8-7(5-17)19-11(9(8)21-13)15-3-6(4-16)10(18)14-12(15)22;1-4-9-7(2)11(18-8(3)16)12(19-9)15-6-5-10(17)14-13(15)20;1-12(2)18-8-6(5-15)17-10(9(8)19-12)14-4-3-7(16)13-11(14)20;1-5-9-6(2)10(14-7(3)12)11(16-9)15-8(4)13;1-2-5-7(14)8(15)9(16-5)12-4-3-6(13)11-10(12)17;1-5(2,6-3)7-4;7-3-1-2-5-4(8)6-3;1-2;/h3,7-9,11,16-17H,4-5H2,1-2H3,(H,14,18,22);5-7,9,11-12H,4H2,1-3H3,(H,14,17,20);3-4,6,8-10,15H,5H2,1-2H3,(H,13,16,20);6,9-11H,5H2,1-4H3;3-5,7-9,14-15H,2H2,1H3,(H,11,13,17);1-4H3;1-2H,(H2,5,6,7,8);1H3;/q;;;;;;;-1;+1/t7-,8?,9+,11-;7?,9-,11+,12-;6-,8?,9+,10-;6?,9-,10+,11-;5-,7?,8+,9-;;;;/m11111..../s1. The van der Waals surface area contributed by atoms with Crippen molar-refractivity contribution in [3.63, 3.8) is 0 Å². The Kier molecular flexibility index (Phi) is 39.9. The molecular weight excluding hydrogens is 1600 g/mol. The number of carbonyl (C=O) groups is 3. The zero-order chi connectivity index (χ0) is 84.2. The molecule has 5 aromatic rings. The maximum atomic E-state index is 11.7. The van der Waals surface area contributed by atoms with Crippen molar-refractivity contribution in [3.05, 3.63) is 136 Å². The normalized spacial score (nSPS) is 29.0. The van der Waals surface area contributed by atoms with Crippen LogP contribution in [0.4, 0.5) is 0 Å². The number of carbonyl (C=O) groups excluding carboxylic acids is 3. The number of nitrogens with zero attached hydrogens (tertiary/aromatic N) is 4. The van der Waals surface area contributed by atoms with Crippen molar-refractivity contribution < 1.29 is 141 Å². The molecule has 44 heteroatoms. The van der Waals surface area contributed by atoms with Crippen LogP contribution in [0.25, 0.3) is 0 Å². The Balaban J connectivity index is 0.000000283. The molecule has 0 bridgehead atoms. The third-order valence-electron chi connectivity index (χ3n) is 18.0. The Hall–Kier alpha value is -5.77. The summed E-state index contributed by atoms with van der Waals surface area (Å²) in [5.41, 5.74) is -1.31. The summed E-state index contributed by atoms with van der Waals surface area (Å²) in [7, 11) is 3.98. The minimum Gasteiger partial charge on any atom is -0.857 e. The molecule has 7 fully saturated rings. The second-order valence-electron chi connectivity index (χ2n) is 27.1. The molecule has 0 aromatic carbocycles. The molecule has 113 heavy (non-hydrogen) atoms. The molecule has 7 aliphatic rings. The van der Waals surface area contributed by atoms with Gasteiger partial charge in [0.15, 0.2) is 78.3 Å². The second-order valence-corrected chi connectivity index (χ2v) is 29.1. The van der Waals surface area contributed by atoms with E-state index in [1.807, 2.05) is 62.3 Å². The van der Waals surface area contributed by atoms with Crippen molar-refractivity contribution >= 4 is 79.0 Å². The number of aromatic nitrogens is 10. The SMILES string of the molecule is CC1(C)OC2[C@@H](CO)O[C@@H](n3cc(CO)c(=O)[nH]c3=S)[C@H]2O1.CC1(C)OC2[C@@H](CO)O[C@@H](n3ccc(=O)[nH]c3=S)[C@H]2O1.CC[C@H]1O[C@@H](OC(C)=O)[C@@H](OC(C)=O)C1C.CC[C@H]1O[C@@H](n2ccc(=O)[nH]c2=S)[C@@H](O)C1O.CC[C@H]1O[C@@H](n2ccc(=O)[nH]c2=S)[C@@H](OC(C)=O)C1C.COC(C)(C)OC.C[O-].O=c1cc[nH]c(=S)[nH]1.[Na+]. The van der Waals surface area contributed by atoms with E-state index in [4.69, 9.17) is 120 Å². The van der Waals surface area contributed by atoms with Crippen molar-refractivity contribution in [1.82, 2.24) is 48.2 Å². The Labute approximate surface area is 696 Å². The zero-order valence-electron chi connectivity index (χ0n) is 65.9. The fourth-order valence-corrected chi connectivity index (χ4v) is 13.6. The number of H-pyrrole nitrogens is 6. The molecule has 38 nitrogen and oxygen atoms in total. The third kappa shape index (κ3) is 27.4. The van der Waals surface area contributed by atoms with E-state index >= 15 is 0 Å². The molecule has 5 aromatic heterocycles. The van der Waals surface area contributed by atoms with Gasteiger partial charge in [0.05, 0.1) is 43.7 Å². The first kappa shape index (κ1) is 99.6. The zero-order valence-corrected chi connectivity index (χ0v) is 72.0. The van der Waals surface area contributed by atoms with Crippen molar-refractivity contribution in [2.45, 2.75) is 251 Å². The Morgan fingerprint density at radius 1 is 0.513 bits per heavy atom. The number of fused-ring (bicyclic) bond motifs is 2. The first-order chi connectivity index (χ1) is 52.6. The van der Waals surface area contributed by atoms with Gasteiger partial charge in [-0.3, -0.25) is 81.5 Å². The van der Waals surface area contributed by atoms with Gasteiger partial charge in [-0.2, -0.15) is 7.11 Å². The minimum absolute atomic E-state index is 0. The van der Waals surface area contributed by atoms with Gasteiger partial charge in [-0.1, -0.05) is 34.6 Å². The van der Waals surface area contributed by atoms with Crippen LogP contribution in [-0.4, -0.2) is 229 Å². The average Bonchev–Trinajstić information content (AvgIpc) is 1.57. The number of hydrogen-bond acceptors (Lipinski definition) is 33. The number of aliphatic hydroxyl groups excluding tert-OH is 5. The van der Waals surface area contributed by atoms with Crippen molar-refractivity contribution in [2.24, 2.45) is 11.8 Å². The van der Waals surface area contributed by atoms with E-state index in [9.17, 15) is 63.9 Å². The summed E-state index contributed by atoms with van der Waals surface area (Å²) < 4.78 is 84.3. The molecular formula is C69H103N10NaO28S5. The molecule has 0 aliphatic carbocycles. The van der Waals surface area contributed by atoms with Gasteiger partial charge in [0.1, 0.15) is 48.8 Å². The molecule has 7 saturated heterocycles. The summed E-state index contributed by atoms with van der Waals surface area (Å²) in [5.74, 6) is -3.06. The van der Waals surface area contributed by atoms with Crippen molar-refractivity contribution in [1.29, 1.82) is 0 Å². The molecule has 20 atom stereocenters. The van der Waals surface area contributed by atoms with Crippen LogP contribution in [0.15, 0.2) is 79.2 Å². The number of hydrogen-bond donors (Lipinski definition) is 11. The monoisotopic (exact) mass is 1700 g/mol. The number of methoxy groups -OCH3 is 2. The Bertz CT molecular complexity index is 4500. The topological polar surface area (TPSA) is 504 Å². The van der Waals surface area contributed by atoms with Crippen LogP contribution >= 0.6 is 61.1 Å². The van der Waals surface area contributed by atoms with Crippen LogP contribution in [-0.2, 0) is 87.3 Å². The summed E-state index contributed by atoms with van der Waals surface area (Å²) in [4.78, 5) is 104. The fraction of sp³-hybridized carbons (Fsp3) is 0.667. The van der Waals surface area contributed by atoms with Gasteiger partial charge in [0.25, 0.3) is 27.8 Å². The first-order valence-electron chi connectivity index (χ1n) is 35.4. The quantitative estimate of drug-likeness (QED) is 0.0224. The number of rotatable bonds is 15. The number of ether oxygens (including phenoxy) is 14. The van der Waals surface area contributed by atoms with E-state index in [2.05, 4.69) is 42.1 Å². The molecule has 0 spiro atoms. The van der Waals surface area contributed by atoms with Gasteiger partial charge in [0.2, 0.25) is 6.29 Å². The van der Waals surface area contributed by atoms with E-state index < -0.39 is 128 Å².